The maximum atomic E-state index is 13.6. The predicted molar refractivity (Wildman–Crippen MR) is 89.4 cm³/mol. The Kier molecular flexibility index (Phi) is 6.23. The van der Waals surface area contributed by atoms with E-state index in [2.05, 4.69) is 15.6 Å². The van der Waals surface area contributed by atoms with Gasteiger partial charge in [-0.15, -0.1) is 0 Å². The molecule has 0 spiro atoms. The molecule has 2 N–H and O–H groups in total. The number of aliphatic imine (C=N–C) groups is 1. The minimum atomic E-state index is -0.851. The van der Waals surface area contributed by atoms with Crippen LogP contribution in [-0.4, -0.2) is 19.6 Å². The van der Waals surface area contributed by atoms with Crippen molar-refractivity contribution in [2.45, 2.75) is 19.9 Å². The molecule has 0 aliphatic carbocycles. The van der Waals surface area contributed by atoms with Crippen molar-refractivity contribution in [3.63, 3.8) is 0 Å². The van der Waals surface area contributed by atoms with Gasteiger partial charge in [-0.1, -0.05) is 24.3 Å². The highest BCUT2D eigenvalue weighted by Crippen LogP contribution is 2.11. The fraction of sp³-hybridized carbons (Fsp3) is 0.278. The van der Waals surface area contributed by atoms with Crippen molar-refractivity contribution in [1.82, 2.24) is 10.6 Å². The van der Waals surface area contributed by atoms with Crippen molar-refractivity contribution in [2.24, 2.45) is 4.99 Å². The molecule has 0 atom stereocenters. The van der Waals surface area contributed by atoms with E-state index in [0.717, 1.165) is 11.6 Å². The summed E-state index contributed by atoms with van der Waals surface area (Å²) < 4.78 is 40.2. The Bertz CT molecular complexity index is 729. The van der Waals surface area contributed by atoms with Crippen molar-refractivity contribution in [1.29, 1.82) is 0 Å². The zero-order valence-corrected chi connectivity index (χ0v) is 13.7. The van der Waals surface area contributed by atoms with Crippen LogP contribution < -0.4 is 10.6 Å². The number of halogens is 3. The van der Waals surface area contributed by atoms with E-state index >= 15 is 0 Å². The van der Waals surface area contributed by atoms with Crippen molar-refractivity contribution < 1.29 is 13.2 Å². The number of nitrogens with one attached hydrogen (secondary N) is 2. The first-order chi connectivity index (χ1) is 11.5. The van der Waals surface area contributed by atoms with Crippen LogP contribution >= 0.6 is 0 Å². The van der Waals surface area contributed by atoms with E-state index in [4.69, 9.17) is 0 Å². The van der Waals surface area contributed by atoms with Gasteiger partial charge in [0.2, 0.25) is 0 Å². The van der Waals surface area contributed by atoms with Gasteiger partial charge >= 0.3 is 0 Å². The van der Waals surface area contributed by atoms with Crippen molar-refractivity contribution in [2.75, 3.05) is 13.6 Å². The number of hydrogen-bond acceptors (Lipinski definition) is 1. The summed E-state index contributed by atoms with van der Waals surface area (Å²) in [7, 11) is 1.60. The highest BCUT2D eigenvalue weighted by atomic mass is 19.2. The summed E-state index contributed by atoms with van der Waals surface area (Å²) in [6.07, 6.45) is 0.323. The lowest BCUT2D eigenvalue weighted by molar-refractivity contribution is 0.498. The molecule has 24 heavy (non-hydrogen) atoms. The second kappa shape index (κ2) is 8.38. The maximum absolute atomic E-state index is 13.6. The standard InChI is InChI=1S/C18H20F3N3/c1-12-6-7-13(10-16(12)20)11-24-18(22-2)23-9-8-14-4-3-5-15(19)17(14)21/h3-7,10H,8-9,11H2,1-2H3,(H2,22,23,24). The molecule has 2 rings (SSSR count). The second-order valence-electron chi connectivity index (χ2n) is 5.40. The molecule has 0 amide bonds. The van der Waals surface area contributed by atoms with Crippen LogP contribution in [-0.2, 0) is 13.0 Å². The number of aryl methyl sites for hydroxylation is 1. The highest BCUT2D eigenvalue weighted by molar-refractivity contribution is 5.79. The van der Waals surface area contributed by atoms with Crippen LogP contribution in [0.4, 0.5) is 13.2 Å². The van der Waals surface area contributed by atoms with E-state index < -0.39 is 11.6 Å². The first-order valence-electron chi connectivity index (χ1n) is 7.63. The second-order valence-corrected chi connectivity index (χ2v) is 5.40. The van der Waals surface area contributed by atoms with Gasteiger partial charge in [-0.25, -0.2) is 13.2 Å². The monoisotopic (exact) mass is 335 g/mol. The lowest BCUT2D eigenvalue weighted by atomic mass is 10.1. The third kappa shape index (κ3) is 4.75. The molecular weight excluding hydrogens is 315 g/mol. The van der Waals surface area contributed by atoms with Gasteiger partial charge in [-0.3, -0.25) is 4.99 Å². The van der Waals surface area contributed by atoms with Crippen LogP contribution in [0.25, 0.3) is 0 Å². The number of rotatable bonds is 5. The molecule has 0 heterocycles. The van der Waals surface area contributed by atoms with Gasteiger partial charge in [0.25, 0.3) is 0 Å². The lowest BCUT2D eigenvalue weighted by Crippen LogP contribution is -2.38. The van der Waals surface area contributed by atoms with E-state index in [0.29, 0.717) is 36.6 Å². The molecule has 0 aliphatic heterocycles. The van der Waals surface area contributed by atoms with Gasteiger partial charge in [0.1, 0.15) is 5.82 Å². The maximum Gasteiger partial charge on any atom is 0.191 e. The normalized spacial score (nSPS) is 11.5. The average molecular weight is 335 g/mol. The Labute approximate surface area is 139 Å². The summed E-state index contributed by atoms with van der Waals surface area (Å²) >= 11 is 0. The molecule has 0 radical (unpaired) electrons. The minimum absolute atomic E-state index is 0.251. The first kappa shape index (κ1) is 17.8. The summed E-state index contributed by atoms with van der Waals surface area (Å²) in [6.45, 7) is 2.51. The molecule has 3 nitrogen and oxygen atoms in total. The van der Waals surface area contributed by atoms with Gasteiger partial charge in [-0.05, 0) is 42.2 Å². The van der Waals surface area contributed by atoms with Crippen LogP contribution in [0.15, 0.2) is 41.4 Å². The molecule has 0 bridgehead atoms. The quantitative estimate of drug-likeness (QED) is 0.650. The summed E-state index contributed by atoms with van der Waals surface area (Å²) in [5.74, 6) is -1.42. The van der Waals surface area contributed by atoms with Gasteiger partial charge in [0.05, 0.1) is 0 Å². The summed E-state index contributed by atoms with van der Waals surface area (Å²) in [5, 5.41) is 6.07. The van der Waals surface area contributed by atoms with Crippen LogP contribution in [0.2, 0.25) is 0 Å². The largest absolute Gasteiger partial charge is 0.356 e. The van der Waals surface area contributed by atoms with Crippen LogP contribution in [0, 0.1) is 24.4 Å². The smallest absolute Gasteiger partial charge is 0.191 e. The highest BCUT2D eigenvalue weighted by Gasteiger charge is 2.07. The lowest BCUT2D eigenvalue weighted by Gasteiger charge is -2.12. The summed E-state index contributed by atoms with van der Waals surface area (Å²) in [4.78, 5) is 4.05. The fourth-order valence-electron chi connectivity index (χ4n) is 2.21. The summed E-state index contributed by atoms with van der Waals surface area (Å²) in [5.41, 5.74) is 1.69. The van der Waals surface area contributed by atoms with Gasteiger partial charge < -0.3 is 10.6 Å². The molecule has 0 aliphatic rings. The molecule has 0 unspecified atom stereocenters. The zero-order chi connectivity index (χ0) is 17.5. The Balaban J connectivity index is 1.84. The molecule has 128 valence electrons. The van der Waals surface area contributed by atoms with E-state index in [1.165, 1.54) is 12.1 Å². The molecule has 2 aromatic rings. The van der Waals surface area contributed by atoms with Gasteiger partial charge in [0, 0.05) is 20.1 Å². The van der Waals surface area contributed by atoms with Crippen LogP contribution in [0.1, 0.15) is 16.7 Å². The van der Waals surface area contributed by atoms with Crippen molar-refractivity contribution in [3.05, 3.63) is 70.5 Å². The van der Waals surface area contributed by atoms with Gasteiger partial charge in [0.15, 0.2) is 17.6 Å². The van der Waals surface area contributed by atoms with E-state index in [1.54, 1.807) is 26.1 Å². The molecule has 0 saturated heterocycles. The number of guanidine groups is 1. The number of benzene rings is 2. The predicted octanol–water partition coefficient (Wildman–Crippen LogP) is 3.32. The zero-order valence-electron chi connectivity index (χ0n) is 13.7. The van der Waals surface area contributed by atoms with Crippen molar-refractivity contribution >= 4 is 5.96 Å². The first-order valence-corrected chi connectivity index (χ1v) is 7.63. The fourth-order valence-corrected chi connectivity index (χ4v) is 2.21. The van der Waals surface area contributed by atoms with Crippen LogP contribution in [0.3, 0.4) is 0 Å². The third-order valence-electron chi connectivity index (χ3n) is 3.64. The van der Waals surface area contributed by atoms with Gasteiger partial charge in [-0.2, -0.15) is 0 Å². The number of nitrogens with zero attached hydrogens (tertiary/aromatic N) is 1. The molecule has 0 aromatic heterocycles. The Hall–Kier alpha value is -2.50. The van der Waals surface area contributed by atoms with Crippen LogP contribution in [0.5, 0.6) is 0 Å². The van der Waals surface area contributed by atoms with E-state index in [1.807, 2.05) is 6.07 Å². The molecule has 0 fully saturated rings. The third-order valence-corrected chi connectivity index (χ3v) is 3.64. The average Bonchev–Trinajstić information content (AvgIpc) is 2.57. The number of hydrogen-bond donors (Lipinski definition) is 2. The minimum Gasteiger partial charge on any atom is -0.356 e. The SMILES string of the molecule is CN=C(NCCc1cccc(F)c1F)NCc1ccc(C)c(F)c1. The molecular formula is C18H20F3N3. The Morgan fingerprint density at radius 2 is 1.83 bits per heavy atom. The van der Waals surface area contributed by atoms with Crippen molar-refractivity contribution in [3.8, 4) is 0 Å². The Morgan fingerprint density at radius 1 is 1.04 bits per heavy atom. The summed E-state index contributed by atoms with van der Waals surface area (Å²) in [6, 6.07) is 9.14. The molecule has 0 saturated carbocycles. The van der Waals surface area contributed by atoms with E-state index in [-0.39, 0.29) is 5.82 Å². The molecule has 6 heteroatoms. The Morgan fingerprint density at radius 3 is 2.54 bits per heavy atom. The molecule has 2 aromatic carbocycles. The van der Waals surface area contributed by atoms with E-state index in [9.17, 15) is 13.2 Å². The topological polar surface area (TPSA) is 36.4 Å².